The lowest BCUT2D eigenvalue weighted by molar-refractivity contribution is 0.191. The first-order chi connectivity index (χ1) is 13.2. The third kappa shape index (κ3) is 5.78. The third-order valence-electron chi connectivity index (χ3n) is 5.65. The van der Waals surface area contributed by atoms with Crippen LogP contribution in [0.1, 0.15) is 38.9 Å². The maximum absolute atomic E-state index is 4.62. The van der Waals surface area contributed by atoms with Crippen molar-refractivity contribution in [3.8, 4) is 0 Å². The van der Waals surface area contributed by atoms with E-state index in [2.05, 4.69) is 48.2 Å². The molecule has 0 aromatic carbocycles. The summed E-state index contributed by atoms with van der Waals surface area (Å²) in [5.41, 5.74) is 0. The molecule has 8 heteroatoms. The van der Waals surface area contributed by atoms with Crippen molar-refractivity contribution >= 4 is 22.6 Å². The minimum absolute atomic E-state index is 0.906. The largest absolute Gasteiger partial charge is 0.356 e. The average molecular weight is 394 g/mol. The van der Waals surface area contributed by atoms with Crippen molar-refractivity contribution in [3.05, 3.63) is 5.82 Å². The molecule has 2 saturated heterocycles. The van der Waals surface area contributed by atoms with Gasteiger partial charge in [0.2, 0.25) is 5.13 Å². The van der Waals surface area contributed by atoms with Gasteiger partial charge in [-0.2, -0.15) is 4.37 Å². The fourth-order valence-corrected chi connectivity index (χ4v) is 4.55. The van der Waals surface area contributed by atoms with E-state index in [1.165, 1.54) is 50.4 Å². The van der Waals surface area contributed by atoms with Gasteiger partial charge in [0, 0.05) is 57.7 Å². The van der Waals surface area contributed by atoms with E-state index in [-0.39, 0.29) is 0 Å². The first kappa shape index (κ1) is 20.3. The monoisotopic (exact) mass is 393 g/mol. The Morgan fingerprint density at radius 2 is 1.93 bits per heavy atom. The highest BCUT2D eigenvalue weighted by atomic mass is 32.1. The number of nitrogens with one attached hydrogen (secondary N) is 1. The first-order valence-electron chi connectivity index (χ1n) is 10.4. The molecule has 27 heavy (non-hydrogen) atoms. The number of anilines is 1. The molecule has 0 spiro atoms. The maximum atomic E-state index is 4.62. The van der Waals surface area contributed by atoms with E-state index in [0.29, 0.717) is 0 Å². The number of aryl methyl sites for hydroxylation is 1. The summed E-state index contributed by atoms with van der Waals surface area (Å²) < 4.78 is 4.41. The van der Waals surface area contributed by atoms with Crippen molar-refractivity contribution < 1.29 is 0 Å². The van der Waals surface area contributed by atoms with E-state index >= 15 is 0 Å². The molecule has 3 rings (SSSR count). The molecule has 2 aliphatic heterocycles. The molecule has 0 atom stereocenters. The SMILES string of the molecule is CCc1nsc(N2CCN(C(=NC)NCCCN3CCC(C)CC3)CC2)n1. The minimum atomic E-state index is 0.906. The Morgan fingerprint density at radius 3 is 2.56 bits per heavy atom. The van der Waals surface area contributed by atoms with Crippen LogP contribution in [-0.4, -0.2) is 84.5 Å². The first-order valence-corrected chi connectivity index (χ1v) is 11.2. The summed E-state index contributed by atoms with van der Waals surface area (Å²) in [5, 5.41) is 4.62. The molecule has 0 saturated carbocycles. The van der Waals surface area contributed by atoms with Crippen LogP contribution >= 0.6 is 11.5 Å². The molecule has 2 aliphatic rings. The Labute approximate surface area is 168 Å². The average Bonchev–Trinajstić information content (AvgIpc) is 3.19. The fraction of sp³-hybridized carbons (Fsp3) is 0.842. The predicted molar refractivity (Wildman–Crippen MR) is 114 cm³/mol. The second-order valence-corrected chi connectivity index (χ2v) is 8.40. The van der Waals surface area contributed by atoms with Gasteiger partial charge < -0.3 is 20.0 Å². The van der Waals surface area contributed by atoms with Gasteiger partial charge >= 0.3 is 0 Å². The summed E-state index contributed by atoms with van der Waals surface area (Å²) >= 11 is 1.52. The van der Waals surface area contributed by atoms with E-state index in [4.69, 9.17) is 0 Å². The molecule has 1 aromatic heterocycles. The molecule has 1 aromatic rings. The van der Waals surface area contributed by atoms with Crippen LogP contribution in [0.15, 0.2) is 4.99 Å². The summed E-state index contributed by atoms with van der Waals surface area (Å²) in [5.74, 6) is 2.90. The molecule has 3 heterocycles. The highest BCUT2D eigenvalue weighted by Crippen LogP contribution is 2.19. The van der Waals surface area contributed by atoms with Crippen LogP contribution < -0.4 is 10.2 Å². The number of piperidine rings is 1. The van der Waals surface area contributed by atoms with Crippen LogP contribution in [0.25, 0.3) is 0 Å². The normalized spacial score (nSPS) is 20.3. The van der Waals surface area contributed by atoms with Crippen molar-refractivity contribution in [1.29, 1.82) is 0 Å². The smallest absolute Gasteiger partial charge is 0.205 e. The van der Waals surface area contributed by atoms with Gasteiger partial charge in [0.25, 0.3) is 0 Å². The Balaban J connectivity index is 1.36. The van der Waals surface area contributed by atoms with Crippen LogP contribution in [0.5, 0.6) is 0 Å². The zero-order valence-electron chi connectivity index (χ0n) is 17.2. The summed E-state index contributed by atoms with van der Waals surface area (Å²) in [4.78, 5) is 16.4. The molecule has 2 fully saturated rings. The highest BCUT2D eigenvalue weighted by Gasteiger charge is 2.22. The molecule has 0 radical (unpaired) electrons. The molecule has 1 N–H and O–H groups in total. The number of guanidine groups is 1. The lowest BCUT2D eigenvalue weighted by Crippen LogP contribution is -2.52. The van der Waals surface area contributed by atoms with Gasteiger partial charge in [-0.3, -0.25) is 4.99 Å². The number of aliphatic imine (C=N–C) groups is 1. The van der Waals surface area contributed by atoms with Gasteiger partial charge in [-0.25, -0.2) is 4.98 Å². The third-order valence-corrected chi connectivity index (χ3v) is 6.46. The van der Waals surface area contributed by atoms with Crippen LogP contribution in [-0.2, 0) is 6.42 Å². The molecule has 0 amide bonds. The Kier molecular flexibility index (Phi) is 7.70. The molecule has 7 nitrogen and oxygen atoms in total. The Morgan fingerprint density at radius 1 is 1.19 bits per heavy atom. The van der Waals surface area contributed by atoms with Crippen LogP contribution in [0.4, 0.5) is 5.13 Å². The number of rotatable bonds is 6. The van der Waals surface area contributed by atoms with Gasteiger partial charge in [-0.15, -0.1) is 0 Å². The zero-order chi connectivity index (χ0) is 19.1. The van der Waals surface area contributed by atoms with E-state index in [9.17, 15) is 0 Å². The Bertz CT molecular complexity index is 587. The van der Waals surface area contributed by atoms with E-state index in [0.717, 1.165) is 62.0 Å². The standard InChI is InChI=1S/C19H35N7S/c1-4-17-22-19(27-23-17)26-14-12-25(13-15-26)18(20-3)21-8-5-9-24-10-6-16(2)7-11-24/h16H,4-15H2,1-3H3,(H,20,21). The van der Waals surface area contributed by atoms with Gasteiger partial charge in [-0.05, 0) is 44.8 Å². The van der Waals surface area contributed by atoms with Gasteiger partial charge in [-0.1, -0.05) is 13.8 Å². The topological polar surface area (TPSA) is 59.9 Å². The number of piperazine rings is 1. The predicted octanol–water partition coefficient (Wildman–Crippen LogP) is 1.92. The fourth-order valence-electron chi connectivity index (χ4n) is 3.75. The molecular weight excluding hydrogens is 358 g/mol. The van der Waals surface area contributed by atoms with Crippen molar-refractivity contribution in [2.24, 2.45) is 10.9 Å². The number of hydrogen-bond donors (Lipinski definition) is 1. The van der Waals surface area contributed by atoms with Crippen LogP contribution in [0.3, 0.4) is 0 Å². The number of likely N-dealkylation sites (tertiary alicyclic amines) is 1. The Hall–Kier alpha value is -1.41. The summed E-state index contributed by atoms with van der Waals surface area (Å²) in [6.07, 6.45) is 4.79. The zero-order valence-corrected chi connectivity index (χ0v) is 18.0. The van der Waals surface area contributed by atoms with Crippen LogP contribution in [0.2, 0.25) is 0 Å². The van der Waals surface area contributed by atoms with E-state index in [1.807, 2.05) is 7.05 Å². The highest BCUT2D eigenvalue weighted by molar-refractivity contribution is 7.09. The summed E-state index contributed by atoms with van der Waals surface area (Å²) in [6.45, 7) is 13.1. The van der Waals surface area contributed by atoms with Crippen LogP contribution in [0, 0.1) is 5.92 Å². The van der Waals surface area contributed by atoms with E-state index in [1.54, 1.807) is 0 Å². The van der Waals surface area contributed by atoms with Gasteiger partial charge in [0.15, 0.2) is 5.96 Å². The maximum Gasteiger partial charge on any atom is 0.205 e. The number of hydrogen-bond acceptors (Lipinski definition) is 6. The van der Waals surface area contributed by atoms with Gasteiger partial charge in [0.1, 0.15) is 5.82 Å². The summed E-state index contributed by atoms with van der Waals surface area (Å²) in [6, 6.07) is 0. The quantitative estimate of drug-likeness (QED) is 0.453. The number of aromatic nitrogens is 2. The molecule has 0 unspecified atom stereocenters. The summed E-state index contributed by atoms with van der Waals surface area (Å²) in [7, 11) is 1.89. The lowest BCUT2D eigenvalue weighted by Gasteiger charge is -2.36. The molecular formula is C19H35N7S. The molecule has 152 valence electrons. The van der Waals surface area contributed by atoms with Crippen molar-refractivity contribution in [1.82, 2.24) is 24.5 Å². The molecule has 0 aliphatic carbocycles. The van der Waals surface area contributed by atoms with E-state index < -0.39 is 0 Å². The van der Waals surface area contributed by atoms with Crippen molar-refractivity contribution in [2.75, 3.05) is 64.3 Å². The second kappa shape index (κ2) is 10.2. The minimum Gasteiger partial charge on any atom is -0.356 e. The second-order valence-electron chi connectivity index (χ2n) is 7.67. The lowest BCUT2D eigenvalue weighted by atomic mass is 9.99. The number of nitrogens with zero attached hydrogens (tertiary/aromatic N) is 6. The molecule has 0 bridgehead atoms. The van der Waals surface area contributed by atoms with Gasteiger partial charge in [0.05, 0.1) is 0 Å². The van der Waals surface area contributed by atoms with Crippen molar-refractivity contribution in [3.63, 3.8) is 0 Å². The van der Waals surface area contributed by atoms with Crippen molar-refractivity contribution in [2.45, 2.75) is 39.5 Å².